The van der Waals surface area contributed by atoms with Gasteiger partial charge in [0.1, 0.15) is 0 Å². The first-order valence-corrected chi connectivity index (χ1v) is 31.7. The molecule has 0 fully saturated rings. The smallest absolute Gasteiger partial charge is 0.657 e. The van der Waals surface area contributed by atoms with Crippen LogP contribution in [0.4, 0.5) is 51.2 Å². The molecule has 15 rings (SSSR count). The minimum Gasteiger partial charge on any atom is -0.657 e. The number of carbonyl (C=O) groups is 2. The molecule has 0 saturated heterocycles. The van der Waals surface area contributed by atoms with Crippen molar-refractivity contribution in [3.63, 3.8) is 0 Å². The van der Waals surface area contributed by atoms with E-state index < -0.39 is 11.9 Å². The van der Waals surface area contributed by atoms with Gasteiger partial charge in [-0.05, 0) is 185 Å². The number of aromatic nitrogens is 4. The normalized spacial score (nSPS) is 11.2. The van der Waals surface area contributed by atoms with Crippen molar-refractivity contribution in [2.24, 2.45) is 0 Å². The molecular formula is C86H59N7O4Zn. The molecule has 10 aromatic carbocycles. The van der Waals surface area contributed by atoms with Crippen molar-refractivity contribution in [1.82, 2.24) is 19.9 Å². The average Bonchev–Trinajstić information content (AvgIpc) is 1.53. The fourth-order valence-electron chi connectivity index (χ4n) is 12.6. The first kappa shape index (κ1) is 62.8. The summed E-state index contributed by atoms with van der Waals surface area (Å²) in [7, 11) is 2.53. The number of hydrogen-bond donors (Lipinski definition) is 0. The molecule has 0 radical (unpaired) electrons. The Hall–Kier alpha value is -12.7. The molecule has 0 unspecified atom stereocenters. The Kier molecular flexibility index (Phi) is 18.0. The van der Waals surface area contributed by atoms with Crippen LogP contribution in [0.5, 0.6) is 0 Å². The van der Waals surface area contributed by atoms with Crippen LogP contribution in [-0.2, 0) is 29.0 Å². The maximum Gasteiger partial charge on any atom is 2.00 e. The van der Waals surface area contributed by atoms with Gasteiger partial charge in [0.05, 0.1) is 48.1 Å². The summed E-state index contributed by atoms with van der Waals surface area (Å²) in [5, 5.41) is 0. The molecule has 0 saturated carbocycles. The monoisotopic (exact) mass is 1320 g/mol. The summed E-state index contributed by atoms with van der Waals surface area (Å²) >= 11 is 0. The van der Waals surface area contributed by atoms with E-state index in [1.54, 1.807) is 6.07 Å². The minimum absolute atomic E-state index is 0. The maximum atomic E-state index is 13.2. The molecule has 3 aromatic heterocycles. The third-order valence-electron chi connectivity index (χ3n) is 17.1. The van der Waals surface area contributed by atoms with Gasteiger partial charge in [0, 0.05) is 62.3 Å². The number of fused-ring (bicyclic) bond motifs is 8. The van der Waals surface area contributed by atoms with Crippen LogP contribution in [-0.4, -0.2) is 36.1 Å². The van der Waals surface area contributed by atoms with Gasteiger partial charge < -0.3 is 34.1 Å². The number of esters is 2. The second kappa shape index (κ2) is 28.1. The predicted octanol–water partition coefficient (Wildman–Crippen LogP) is 20.3. The molecule has 0 atom stereocenters. The predicted molar refractivity (Wildman–Crippen MR) is 392 cm³/mol. The van der Waals surface area contributed by atoms with Crippen LogP contribution >= 0.6 is 0 Å². The number of methoxy groups -OCH3 is 2. The molecule has 0 aliphatic carbocycles. The van der Waals surface area contributed by atoms with Crippen molar-refractivity contribution in [1.29, 1.82) is 0 Å². The maximum absolute atomic E-state index is 13.2. The fourth-order valence-corrected chi connectivity index (χ4v) is 12.6. The number of anilines is 9. The van der Waals surface area contributed by atoms with Crippen molar-refractivity contribution in [2.75, 3.05) is 28.9 Å². The van der Waals surface area contributed by atoms with Gasteiger partial charge in [-0.25, -0.2) is 19.6 Å². The van der Waals surface area contributed by atoms with Gasteiger partial charge in [-0.3, -0.25) is 0 Å². The Morgan fingerprint density at radius 1 is 0.316 bits per heavy atom. The van der Waals surface area contributed by atoms with Gasteiger partial charge >= 0.3 is 31.4 Å². The van der Waals surface area contributed by atoms with Crippen LogP contribution in [0.1, 0.15) is 54.6 Å². The fraction of sp³-hybridized carbons (Fsp3) is 0.0233. The van der Waals surface area contributed by atoms with Crippen molar-refractivity contribution >= 4 is 109 Å². The molecule has 0 spiro atoms. The summed E-state index contributed by atoms with van der Waals surface area (Å²) < 4.78 is 10.2. The van der Waals surface area contributed by atoms with Crippen LogP contribution in [0.15, 0.2) is 297 Å². The Balaban J connectivity index is 0.00000821. The van der Waals surface area contributed by atoms with E-state index in [0.717, 1.165) is 84.6 Å². The zero-order chi connectivity index (χ0) is 65.6. The van der Waals surface area contributed by atoms with E-state index >= 15 is 0 Å². The van der Waals surface area contributed by atoms with Gasteiger partial charge in [-0.2, -0.15) is 0 Å². The standard InChI is InChI=1S/C86H61N7O4.Zn/c1-96-85(94)71-47-33-58(57-73(71)86(95)97-2)34-48-72-74-49-51-76(87-74)82(59-35-41-68(42-36-59)91(62-21-9-3-10-22-62)63-23-11-4-12-24-63)78-53-55-80(89-78)84(61-39-45-70(46-40-61)93(66-29-17-7-18-30-66)67-31-19-8-20-32-67)81-56-54-79(90-81)83(77-52-50-75(72)88-77)60-37-43-69(44-38-60)92(64-25-13-5-14-26-64)65-27-15-6-16-28-65;/h3-33,35-47,49-57H,1-2H3,(H2,87,88,89,90,94,95);/q;+2/p-2. The zero-order valence-corrected chi connectivity index (χ0v) is 56.5. The van der Waals surface area contributed by atoms with Crippen LogP contribution in [0.25, 0.3) is 79.8 Å². The number of carbonyl (C=O) groups excluding carboxylic acids is 2. The van der Waals surface area contributed by atoms with E-state index in [9.17, 15) is 9.59 Å². The van der Waals surface area contributed by atoms with Gasteiger partial charge in [0.2, 0.25) is 0 Å². The molecule has 464 valence electrons. The molecule has 13 aromatic rings. The van der Waals surface area contributed by atoms with E-state index in [2.05, 4.69) is 221 Å². The number of nitrogens with zero attached hydrogens (tertiary/aromatic N) is 7. The Bertz CT molecular complexity index is 5140. The molecule has 0 N–H and O–H groups in total. The molecule has 98 heavy (non-hydrogen) atoms. The summed E-state index contributed by atoms with van der Waals surface area (Å²) in [5.41, 5.74) is 20.4. The van der Waals surface area contributed by atoms with E-state index in [4.69, 9.17) is 29.4 Å². The molecule has 12 heteroatoms. The van der Waals surface area contributed by atoms with Gasteiger partial charge in [-0.15, -0.1) is 22.1 Å². The van der Waals surface area contributed by atoms with Crippen molar-refractivity contribution in [3.8, 4) is 45.2 Å². The second-order valence-electron chi connectivity index (χ2n) is 23.0. The van der Waals surface area contributed by atoms with Crippen LogP contribution in [0.3, 0.4) is 0 Å². The largest absolute Gasteiger partial charge is 2.00 e. The summed E-state index contributed by atoms with van der Waals surface area (Å²) in [4.78, 5) is 55.2. The van der Waals surface area contributed by atoms with Crippen molar-refractivity contribution < 1.29 is 38.5 Å². The van der Waals surface area contributed by atoms with Crippen LogP contribution < -0.4 is 24.7 Å². The minimum atomic E-state index is -0.704. The Morgan fingerprint density at radius 3 is 0.939 bits per heavy atom. The third-order valence-corrected chi connectivity index (χ3v) is 17.1. The first-order chi connectivity index (χ1) is 47.8. The van der Waals surface area contributed by atoms with Crippen LogP contribution in [0, 0.1) is 11.8 Å². The van der Waals surface area contributed by atoms with E-state index in [0.29, 0.717) is 56.0 Å². The molecule has 2 aliphatic rings. The second-order valence-corrected chi connectivity index (χ2v) is 23.0. The Labute approximate surface area is 580 Å². The van der Waals surface area contributed by atoms with E-state index in [1.807, 2.05) is 109 Å². The van der Waals surface area contributed by atoms with E-state index in [1.165, 1.54) is 26.4 Å². The molecule has 8 bridgehead atoms. The molecular weight excluding hydrogens is 1260 g/mol. The van der Waals surface area contributed by atoms with E-state index in [-0.39, 0.29) is 30.6 Å². The summed E-state index contributed by atoms with van der Waals surface area (Å²) in [6.07, 6.45) is 8.11. The number of ether oxygens (including phenoxy) is 2. The third kappa shape index (κ3) is 12.6. The van der Waals surface area contributed by atoms with Crippen molar-refractivity contribution in [3.05, 3.63) is 342 Å². The van der Waals surface area contributed by atoms with Gasteiger partial charge in [0.25, 0.3) is 0 Å². The molecule has 0 amide bonds. The van der Waals surface area contributed by atoms with Gasteiger partial charge in [0.15, 0.2) is 0 Å². The van der Waals surface area contributed by atoms with Crippen LogP contribution in [0.2, 0.25) is 0 Å². The quantitative estimate of drug-likeness (QED) is 0.0589. The topological polar surface area (TPSA) is 116 Å². The first-order valence-electron chi connectivity index (χ1n) is 31.7. The Morgan fingerprint density at radius 2 is 0.602 bits per heavy atom. The summed E-state index contributed by atoms with van der Waals surface area (Å²) in [5.74, 6) is 5.38. The molecule has 2 aliphatic heterocycles. The van der Waals surface area contributed by atoms with Gasteiger partial charge in [-0.1, -0.05) is 182 Å². The summed E-state index contributed by atoms with van der Waals surface area (Å²) in [6, 6.07) is 101. The number of para-hydroxylation sites is 6. The average molecular weight is 1320 g/mol. The summed E-state index contributed by atoms with van der Waals surface area (Å²) in [6.45, 7) is 0. The number of benzene rings is 10. The SMILES string of the molecule is COC(=O)c1ccc(C#Cc2c3nc(c(-c4ccc(N(c5ccccc5)c5ccccc5)cc4)c4ccc([n-]4)c(-c4ccc(N(c5ccccc5)c5ccccc5)cc4)c4nc(c(-c5ccc(N(c6ccccc6)c6ccccc6)cc5)c5ccc2[n-]5)C=C4)C=C3)cc1C(=O)OC.[Zn+2]. The molecule has 5 heterocycles. The molecule has 11 nitrogen and oxygen atoms in total. The number of rotatable bonds is 14. The van der Waals surface area contributed by atoms with Crippen molar-refractivity contribution in [2.45, 2.75) is 0 Å². The number of hydrogen-bond acceptors (Lipinski definition) is 9. The zero-order valence-electron chi connectivity index (χ0n) is 53.6.